The van der Waals surface area contributed by atoms with Gasteiger partial charge in [0.1, 0.15) is 0 Å². The molecule has 1 rings (SSSR count). The van der Waals surface area contributed by atoms with Gasteiger partial charge in [0.25, 0.3) is 0 Å². The molecule has 5 heteroatoms. The number of sulfone groups is 1. The Hall–Kier alpha value is -0.381. The molecule has 0 aromatic heterocycles. The Morgan fingerprint density at radius 1 is 1.36 bits per heavy atom. The van der Waals surface area contributed by atoms with Gasteiger partial charge < -0.3 is 0 Å². The van der Waals surface area contributed by atoms with Crippen molar-refractivity contribution in [2.45, 2.75) is 10.8 Å². The van der Waals surface area contributed by atoms with Crippen molar-refractivity contribution in [1.82, 2.24) is 0 Å². The van der Waals surface area contributed by atoms with Gasteiger partial charge in [-0.15, -0.1) is 0 Å². The zero-order valence-electron chi connectivity index (χ0n) is 7.68. The van der Waals surface area contributed by atoms with Crippen LogP contribution in [0.2, 0.25) is 5.32 Å². The van der Waals surface area contributed by atoms with Gasteiger partial charge in [-0.2, -0.15) is 0 Å². The summed E-state index contributed by atoms with van der Waals surface area (Å²) in [6.45, 7) is 0. The van der Waals surface area contributed by atoms with Crippen LogP contribution < -0.4 is 4.46 Å². The summed E-state index contributed by atoms with van der Waals surface area (Å²) in [6.07, 6.45) is 0.929. The van der Waals surface area contributed by atoms with E-state index in [-0.39, 0.29) is 20.3 Å². The Morgan fingerprint density at radius 2 is 1.93 bits per heavy atom. The molecule has 0 aliphatic rings. The molecule has 0 saturated carbocycles. The Bertz CT molecular complexity index is 377. The Labute approximate surface area is 89.6 Å². The molecule has 0 spiro atoms. The van der Waals surface area contributed by atoms with Gasteiger partial charge >= 0.3 is 89.5 Å². The van der Waals surface area contributed by atoms with Crippen molar-refractivity contribution >= 4 is 29.3 Å². The monoisotopic (exact) mass is 282 g/mol. The van der Waals surface area contributed by atoms with E-state index in [1.54, 1.807) is 0 Å². The zero-order valence-corrected chi connectivity index (χ0v) is 10.2. The van der Waals surface area contributed by atoms with E-state index in [1.807, 2.05) is 30.3 Å². The maximum atomic E-state index is 13.0. The predicted molar refractivity (Wildman–Crippen MR) is 56.4 cm³/mol. The fourth-order valence-electron chi connectivity index (χ4n) is 0.802. The SMILES string of the molecule is CS(=O)(=O)C(F)C[Se]c1ccccc1. The molecule has 0 amide bonds. The number of alkyl halides is 1. The minimum atomic E-state index is -3.52. The van der Waals surface area contributed by atoms with Crippen LogP contribution in [0.3, 0.4) is 0 Å². The molecule has 1 atom stereocenters. The fraction of sp³-hybridized carbons (Fsp3) is 0.333. The van der Waals surface area contributed by atoms with Gasteiger partial charge in [-0.3, -0.25) is 0 Å². The molecular formula is C9H11FO2SSe. The van der Waals surface area contributed by atoms with E-state index in [1.165, 1.54) is 0 Å². The summed E-state index contributed by atoms with van der Waals surface area (Å²) in [5, 5.41) is 0.0931. The molecule has 0 aliphatic carbocycles. The van der Waals surface area contributed by atoms with Crippen molar-refractivity contribution in [3.05, 3.63) is 30.3 Å². The molecule has 1 unspecified atom stereocenters. The standard InChI is InChI=1S/C9H11FO2SSe/c1-13(11,12)9(10)7-14-8-5-3-2-4-6-8/h2-6,9H,7H2,1H3. The fourth-order valence-corrected chi connectivity index (χ4v) is 4.37. The van der Waals surface area contributed by atoms with Crippen LogP contribution in [0.5, 0.6) is 0 Å². The molecule has 78 valence electrons. The van der Waals surface area contributed by atoms with Gasteiger partial charge in [-0.25, -0.2) is 0 Å². The van der Waals surface area contributed by atoms with Crippen LogP contribution in [0.4, 0.5) is 4.39 Å². The molecule has 0 heterocycles. The van der Waals surface area contributed by atoms with Crippen molar-refractivity contribution in [2.75, 3.05) is 6.26 Å². The summed E-state index contributed by atoms with van der Waals surface area (Å²) < 4.78 is 35.6. The summed E-state index contributed by atoms with van der Waals surface area (Å²) >= 11 is -0.107. The van der Waals surface area contributed by atoms with E-state index >= 15 is 0 Å². The van der Waals surface area contributed by atoms with E-state index in [0.717, 1.165) is 10.7 Å². The third kappa shape index (κ3) is 3.78. The third-order valence-corrected chi connectivity index (χ3v) is 5.39. The van der Waals surface area contributed by atoms with E-state index < -0.39 is 15.3 Å². The van der Waals surface area contributed by atoms with E-state index in [2.05, 4.69) is 0 Å². The van der Waals surface area contributed by atoms with Crippen LogP contribution >= 0.6 is 0 Å². The van der Waals surface area contributed by atoms with Crippen molar-refractivity contribution in [3.8, 4) is 0 Å². The molecule has 0 radical (unpaired) electrons. The van der Waals surface area contributed by atoms with Crippen LogP contribution in [0, 0.1) is 0 Å². The van der Waals surface area contributed by atoms with Gasteiger partial charge in [0.05, 0.1) is 0 Å². The molecule has 0 bridgehead atoms. The second-order valence-electron chi connectivity index (χ2n) is 2.86. The van der Waals surface area contributed by atoms with Crippen LogP contribution in [-0.4, -0.2) is 35.1 Å². The second-order valence-corrected chi connectivity index (χ2v) is 7.33. The molecule has 1 aromatic carbocycles. The van der Waals surface area contributed by atoms with Gasteiger partial charge in [0, 0.05) is 0 Å². The number of hydrogen-bond donors (Lipinski definition) is 0. The second kappa shape index (κ2) is 4.91. The van der Waals surface area contributed by atoms with Crippen LogP contribution in [0.25, 0.3) is 0 Å². The Morgan fingerprint density at radius 3 is 2.43 bits per heavy atom. The van der Waals surface area contributed by atoms with Gasteiger partial charge in [0.15, 0.2) is 0 Å². The molecule has 0 saturated heterocycles. The van der Waals surface area contributed by atoms with Crippen LogP contribution in [-0.2, 0) is 9.84 Å². The predicted octanol–water partition coefficient (Wildman–Crippen LogP) is 0.775. The first-order valence-electron chi connectivity index (χ1n) is 4.01. The number of halogens is 1. The molecular weight excluding hydrogens is 270 g/mol. The normalized spacial score (nSPS) is 13.9. The Kier molecular flexibility index (Phi) is 4.10. The van der Waals surface area contributed by atoms with Crippen molar-refractivity contribution in [3.63, 3.8) is 0 Å². The molecule has 0 N–H and O–H groups in total. The van der Waals surface area contributed by atoms with Gasteiger partial charge in [0.2, 0.25) is 0 Å². The molecule has 0 aliphatic heterocycles. The summed E-state index contributed by atoms with van der Waals surface area (Å²) in [5.74, 6) is 0. The average Bonchev–Trinajstić information content (AvgIpc) is 2.14. The van der Waals surface area contributed by atoms with Crippen molar-refractivity contribution < 1.29 is 12.8 Å². The number of hydrogen-bond acceptors (Lipinski definition) is 2. The number of rotatable bonds is 4. The van der Waals surface area contributed by atoms with Crippen LogP contribution in [0.1, 0.15) is 0 Å². The summed E-state index contributed by atoms with van der Waals surface area (Å²) in [6, 6.07) is 9.38. The number of benzene rings is 1. The summed E-state index contributed by atoms with van der Waals surface area (Å²) in [4.78, 5) is 0. The molecule has 1 aromatic rings. The summed E-state index contributed by atoms with van der Waals surface area (Å²) in [7, 11) is -3.52. The van der Waals surface area contributed by atoms with E-state index in [9.17, 15) is 12.8 Å². The maximum absolute atomic E-state index is 13.0. The molecule has 2 nitrogen and oxygen atoms in total. The van der Waals surface area contributed by atoms with Crippen molar-refractivity contribution in [2.24, 2.45) is 0 Å². The molecule has 14 heavy (non-hydrogen) atoms. The quantitative estimate of drug-likeness (QED) is 0.764. The first kappa shape index (κ1) is 11.7. The van der Waals surface area contributed by atoms with E-state index in [0.29, 0.717) is 0 Å². The van der Waals surface area contributed by atoms with Gasteiger partial charge in [-0.1, -0.05) is 0 Å². The van der Waals surface area contributed by atoms with Gasteiger partial charge in [-0.05, 0) is 0 Å². The first-order valence-corrected chi connectivity index (χ1v) is 8.03. The average molecular weight is 281 g/mol. The van der Waals surface area contributed by atoms with Crippen LogP contribution in [0.15, 0.2) is 30.3 Å². The summed E-state index contributed by atoms with van der Waals surface area (Å²) in [5.41, 5.74) is -1.72. The van der Waals surface area contributed by atoms with Crippen molar-refractivity contribution in [1.29, 1.82) is 0 Å². The minimum absolute atomic E-state index is 0.0931. The third-order valence-electron chi connectivity index (χ3n) is 1.59. The van der Waals surface area contributed by atoms with E-state index in [4.69, 9.17) is 0 Å². The Balaban J connectivity index is 2.50. The zero-order chi connectivity index (χ0) is 10.6. The first-order chi connectivity index (χ1) is 6.50. The topological polar surface area (TPSA) is 34.1 Å². The molecule has 0 fully saturated rings.